The monoisotopic (exact) mass is 494 g/mol. The number of carboxylic acids is 1. The van der Waals surface area contributed by atoms with E-state index in [1.807, 2.05) is 13.0 Å². The van der Waals surface area contributed by atoms with Crippen LogP contribution in [0.1, 0.15) is 22.8 Å². The Morgan fingerprint density at radius 2 is 2.03 bits per heavy atom. The molecule has 0 unspecified atom stereocenters. The second kappa shape index (κ2) is 9.40. The number of ether oxygens (including phenoxy) is 1. The summed E-state index contributed by atoms with van der Waals surface area (Å²) in [6.07, 6.45) is 4.40. The van der Waals surface area contributed by atoms with E-state index in [9.17, 15) is 9.90 Å². The molecule has 0 atom stereocenters. The number of halogens is 1. The van der Waals surface area contributed by atoms with Crippen molar-refractivity contribution in [1.82, 2.24) is 14.5 Å². The minimum Gasteiger partial charge on any atom is -0.493 e. The highest BCUT2D eigenvalue weighted by Crippen LogP contribution is 2.29. The second-order valence-corrected chi connectivity index (χ2v) is 8.16. The largest absolute Gasteiger partial charge is 0.493 e. The van der Waals surface area contributed by atoms with Crippen molar-refractivity contribution in [2.75, 3.05) is 18.5 Å². The quantitative estimate of drug-likeness (QED) is 0.352. The highest BCUT2D eigenvalue weighted by atomic mass is 79.9. The van der Waals surface area contributed by atoms with Gasteiger partial charge in [0.25, 0.3) is 0 Å². The van der Waals surface area contributed by atoms with Crippen LogP contribution >= 0.6 is 15.9 Å². The van der Waals surface area contributed by atoms with Gasteiger partial charge in [0.05, 0.1) is 17.8 Å². The number of anilines is 1. The van der Waals surface area contributed by atoms with Crippen molar-refractivity contribution >= 4 is 38.6 Å². The molecule has 7 nitrogen and oxygen atoms in total. The van der Waals surface area contributed by atoms with Crippen molar-refractivity contribution in [2.45, 2.75) is 13.3 Å². The zero-order valence-corrected chi connectivity index (χ0v) is 19.4. The summed E-state index contributed by atoms with van der Waals surface area (Å²) in [5, 5.41) is 13.9. The Morgan fingerprint density at radius 3 is 2.81 bits per heavy atom. The third-order valence-corrected chi connectivity index (χ3v) is 5.93. The predicted molar refractivity (Wildman–Crippen MR) is 128 cm³/mol. The molecular weight excluding hydrogens is 472 g/mol. The van der Waals surface area contributed by atoms with Crippen molar-refractivity contribution in [3.05, 3.63) is 70.6 Å². The molecule has 0 spiro atoms. The fraction of sp³-hybridized carbons (Fsp3) is 0.208. The van der Waals surface area contributed by atoms with Crippen molar-refractivity contribution in [2.24, 2.45) is 7.05 Å². The molecular formula is C24H23BrN4O3. The molecule has 164 valence electrons. The van der Waals surface area contributed by atoms with E-state index in [1.54, 1.807) is 12.1 Å². The Hall–Kier alpha value is -3.39. The smallest absolute Gasteiger partial charge is 0.339 e. The number of aromatic carboxylic acids is 1. The number of aromatic nitrogens is 3. The average molecular weight is 495 g/mol. The van der Waals surface area contributed by atoms with Crippen LogP contribution in [0.4, 0.5) is 5.82 Å². The van der Waals surface area contributed by atoms with Gasteiger partial charge in [0, 0.05) is 41.3 Å². The molecule has 4 aromatic rings. The van der Waals surface area contributed by atoms with Crippen LogP contribution in [0.15, 0.2) is 59.5 Å². The standard InChI is InChI=1S/C24H23BrN4O3/c1-3-32-21-12-16(4-6-18(21)24(30)31)20-13-22(28-14-27-20)26-10-8-15-5-7-19(25)17-9-11-29(2)23(15)17/h4-7,9,11-14H,3,8,10H2,1-2H3,(H,30,31)(H,26,27,28). The number of benzene rings is 2. The molecule has 0 bridgehead atoms. The summed E-state index contributed by atoms with van der Waals surface area (Å²) in [4.78, 5) is 20.1. The van der Waals surface area contributed by atoms with Crippen LogP contribution < -0.4 is 10.1 Å². The van der Waals surface area contributed by atoms with Gasteiger partial charge in [-0.05, 0) is 43.2 Å². The number of nitrogens with zero attached hydrogens (tertiary/aromatic N) is 3. The van der Waals surface area contributed by atoms with E-state index in [2.05, 4.69) is 67.2 Å². The van der Waals surface area contributed by atoms with Gasteiger partial charge < -0.3 is 19.7 Å². The average Bonchev–Trinajstić information content (AvgIpc) is 3.18. The summed E-state index contributed by atoms with van der Waals surface area (Å²) in [6.45, 7) is 2.91. The van der Waals surface area contributed by atoms with Crippen LogP contribution in [0.25, 0.3) is 22.2 Å². The molecule has 0 aliphatic heterocycles. The first-order chi connectivity index (χ1) is 15.5. The van der Waals surface area contributed by atoms with E-state index >= 15 is 0 Å². The Bertz CT molecular complexity index is 1290. The molecule has 0 aliphatic carbocycles. The summed E-state index contributed by atoms with van der Waals surface area (Å²) in [5.41, 5.74) is 4.05. The predicted octanol–water partition coefficient (Wildman–Crippen LogP) is 5.15. The van der Waals surface area contributed by atoms with Crippen LogP contribution in [-0.4, -0.2) is 38.8 Å². The molecule has 2 N–H and O–H groups in total. The summed E-state index contributed by atoms with van der Waals surface area (Å²) >= 11 is 3.62. The van der Waals surface area contributed by atoms with Gasteiger partial charge in [-0.1, -0.05) is 28.1 Å². The normalized spacial score (nSPS) is 11.0. The van der Waals surface area contributed by atoms with Crippen LogP contribution in [0.2, 0.25) is 0 Å². The summed E-state index contributed by atoms with van der Waals surface area (Å²) in [7, 11) is 2.05. The van der Waals surface area contributed by atoms with Gasteiger partial charge in [0.2, 0.25) is 0 Å². The number of hydrogen-bond acceptors (Lipinski definition) is 5. The molecule has 0 saturated heterocycles. The summed E-state index contributed by atoms with van der Waals surface area (Å²) in [6, 6.07) is 13.1. The lowest BCUT2D eigenvalue weighted by atomic mass is 10.1. The van der Waals surface area contributed by atoms with E-state index in [-0.39, 0.29) is 5.56 Å². The number of rotatable bonds is 8. The fourth-order valence-electron chi connectivity index (χ4n) is 3.74. The van der Waals surface area contributed by atoms with Crippen molar-refractivity contribution in [1.29, 1.82) is 0 Å². The van der Waals surface area contributed by atoms with E-state index in [1.165, 1.54) is 28.9 Å². The lowest BCUT2D eigenvalue weighted by Crippen LogP contribution is -2.08. The molecule has 2 heterocycles. The van der Waals surface area contributed by atoms with Crippen LogP contribution in [-0.2, 0) is 13.5 Å². The molecule has 0 saturated carbocycles. The van der Waals surface area contributed by atoms with Crippen LogP contribution in [0, 0.1) is 0 Å². The highest BCUT2D eigenvalue weighted by molar-refractivity contribution is 9.10. The van der Waals surface area contributed by atoms with Crippen molar-refractivity contribution in [3.63, 3.8) is 0 Å². The lowest BCUT2D eigenvalue weighted by molar-refractivity contribution is 0.0692. The maximum Gasteiger partial charge on any atom is 0.339 e. The number of aryl methyl sites for hydroxylation is 1. The van der Waals surface area contributed by atoms with Gasteiger partial charge in [-0.3, -0.25) is 0 Å². The molecule has 2 aromatic heterocycles. The lowest BCUT2D eigenvalue weighted by Gasteiger charge is -2.11. The Balaban J connectivity index is 1.51. The minimum absolute atomic E-state index is 0.129. The van der Waals surface area contributed by atoms with Gasteiger partial charge in [0.15, 0.2) is 0 Å². The Labute approximate surface area is 194 Å². The van der Waals surface area contributed by atoms with Crippen molar-refractivity contribution < 1.29 is 14.6 Å². The van der Waals surface area contributed by atoms with Gasteiger partial charge in [0.1, 0.15) is 23.5 Å². The van der Waals surface area contributed by atoms with Crippen LogP contribution in [0.5, 0.6) is 5.75 Å². The maximum absolute atomic E-state index is 11.4. The number of carbonyl (C=O) groups is 1. The van der Waals surface area contributed by atoms with Gasteiger partial charge >= 0.3 is 5.97 Å². The van der Waals surface area contributed by atoms with E-state index in [4.69, 9.17) is 4.74 Å². The van der Waals surface area contributed by atoms with E-state index < -0.39 is 5.97 Å². The van der Waals surface area contributed by atoms with Crippen LogP contribution in [0.3, 0.4) is 0 Å². The SMILES string of the molecule is CCOc1cc(-c2cc(NCCc3ccc(Br)c4ccn(C)c34)ncn2)ccc1C(=O)O. The second-order valence-electron chi connectivity index (χ2n) is 7.31. The molecule has 0 amide bonds. The third-order valence-electron chi connectivity index (χ3n) is 5.24. The number of carboxylic acid groups (broad SMARTS) is 1. The first-order valence-corrected chi connectivity index (χ1v) is 11.1. The number of hydrogen-bond donors (Lipinski definition) is 2. The minimum atomic E-state index is -1.02. The van der Waals surface area contributed by atoms with Gasteiger partial charge in [-0.25, -0.2) is 14.8 Å². The molecule has 0 fully saturated rings. The zero-order chi connectivity index (χ0) is 22.7. The molecule has 32 heavy (non-hydrogen) atoms. The van der Waals surface area contributed by atoms with E-state index in [0.29, 0.717) is 30.4 Å². The first kappa shape index (κ1) is 21.8. The van der Waals surface area contributed by atoms with Gasteiger partial charge in [-0.2, -0.15) is 0 Å². The molecule has 8 heteroatoms. The molecule has 2 aromatic carbocycles. The highest BCUT2D eigenvalue weighted by Gasteiger charge is 2.14. The summed E-state index contributed by atoms with van der Waals surface area (Å²) in [5.74, 6) is 0.00765. The zero-order valence-electron chi connectivity index (χ0n) is 17.8. The topological polar surface area (TPSA) is 89.3 Å². The molecule has 4 rings (SSSR count). The maximum atomic E-state index is 11.4. The first-order valence-electron chi connectivity index (χ1n) is 10.3. The van der Waals surface area contributed by atoms with E-state index in [0.717, 1.165) is 16.5 Å². The molecule has 0 aliphatic rings. The van der Waals surface area contributed by atoms with Crippen molar-refractivity contribution in [3.8, 4) is 17.0 Å². The third kappa shape index (κ3) is 4.45. The summed E-state index contributed by atoms with van der Waals surface area (Å²) < 4.78 is 8.73. The Kier molecular flexibility index (Phi) is 6.41. The fourth-order valence-corrected chi connectivity index (χ4v) is 4.19. The Morgan fingerprint density at radius 1 is 1.19 bits per heavy atom. The number of fused-ring (bicyclic) bond motifs is 1. The molecule has 0 radical (unpaired) electrons. The number of nitrogens with one attached hydrogen (secondary N) is 1. The van der Waals surface area contributed by atoms with Gasteiger partial charge in [-0.15, -0.1) is 0 Å².